The molecule has 1 heterocycles. The number of carbonyl (C=O) groups is 1. The highest BCUT2D eigenvalue weighted by atomic mass is 16.3. The summed E-state index contributed by atoms with van der Waals surface area (Å²) in [5.41, 5.74) is 1.08. The van der Waals surface area contributed by atoms with Crippen molar-refractivity contribution in [1.29, 1.82) is 0 Å². The van der Waals surface area contributed by atoms with Gasteiger partial charge in [-0.25, -0.2) is 0 Å². The first-order chi connectivity index (χ1) is 11.7. The maximum Gasteiger partial charge on any atom is 0.287 e. The van der Waals surface area contributed by atoms with Gasteiger partial charge in [-0.05, 0) is 24.1 Å². The first-order valence-electron chi connectivity index (χ1n) is 7.66. The molecule has 0 radical (unpaired) electrons. The van der Waals surface area contributed by atoms with Crippen LogP contribution in [0.2, 0.25) is 0 Å². The van der Waals surface area contributed by atoms with Gasteiger partial charge in [0.15, 0.2) is 11.2 Å². The molecule has 0 saturated heterocycles. The second-order valence-electron chi connectivity index (χ2n) is 5.51. The summed E-state index contributed by atoms with van der Waals surface area (Å²) in [4.78, 5) is 24.4. The highest BCUT2D eigenvalue weighted by molar-refractivity contribution is 5.93. The molecule has 1 aromatic heterocycles. The zero-order valence-electron chi connectivity index (χ0n) is 12.9. The molecule has 2 aromatic carbocycles. The van der Waals surface area contributed by atoms with Gasteiger partial charge in [-0.3, -0.25) is 9.59 Å². The Morgan fingerprint density at radius 1 is 1.08 bits per heavy atom. The molecule has 3 aromatic rings. The molecule has 0 unspecified atom stereocenters. The van der Waals surface area contributed by atoms with E-state index in [2.05, 4.69) is 5.32 Å². The van der Waals surface area contributed by atoms with Crippen LogP contribution in [0, 0.1) is 0 Å². The summed E-state index contributed by atoms with van der Waals surface area (Å²) in [7, 11) is 0. The molecule has 2 N–H and O–H groups in total. The zero-order chi connectivity index (χ0) is 16.9. The van der Waals surface area contributed by atoms with Crippen molar-refractivity contribution in [3.05, 3.63) is 82.2 Å². The van der Waals surface area contributed by atoms with E-state index in [1.807, 2.05) is 30.3 Å². The lowest BCUT2D eigenvalue weighted by molar-refractivity contribution is 0.0889. The summed E-state index contributed by atoms with van der Waals surface area (Å²) >= 11 is 0. The molecule has 0 aliphatic carbocycles. The second kappa shape index (κ2) is 7.10. The van der Waals surface area contributed by atoms with E-state index in [1.54, 1.807) is 24.3 Å². The normalized spacial score (nSPS) is 12.0. The second-order valence-corrected chi connectivity index (χ2v) is 5.51. The van der Waals surface area contributed by atoms with Gasteiger partial charge in [0.25, 0.3) is 5.91 Å². The Morgan fingerprint density at radius 2 is 1.79 bits per heavy atom. The molecule has 1 amide bonds. The Kier molecular flexibility index (Phi) is 4.72. The number of hydrogen-bond donors (Lipinski definition) is 2. The van der Waals surface area contributed by atoms with E-state index in [9.17, 15) is 14.7 Å². The number of aliphatic hydroxyl groups excluding tert-OH is 1. The molecule has 3 rings (SSSR count). The monoisotopic (exact) mass is 323 g/mol. The van der Waals surface area contributed by atoms with Gasteiger partial charge in [-0.2, -0.15) is 0 Å². The number of aliphatic hydroxyl groups is 1. The number of para-hydroxylation sites is 1. The number of rotatable bonds is 5. The van der Waals surface area contributed by atoms with Gasteiger partial charge in [0.05, 0.1) is 18.0 Å². The average Bonchev–Trinajstić information content (AvgIpc) is 2.62. The lowest BCUT2D eigenvalue weighted by atomic mass is 10.1. The van der Waals surface area contributed by atoms with Crippen molar-refractivity contribution in [2.75, 3.05) is 6.61 Å². The fourth-order valence-electron chi connectivity index (χ4n) is 2.53. The van der Waals surface area contributed by atoms with Crippen molar-refractivity contribution in [3.63, 3.8) is 0 Å². The van der Waals surface area contributed by atoms with E-state index in [-0.39, 0.29) is 17.8 Å². The molecule has 1 atom stereocenters. The average molecular weight is 323 g/mol. The third kappa shape index (κ3) is 3.52. The van der Waals surface area contributed by atoms with Crippen LogP contribution < -0.4 is 10.7 Å². The Labute approximate surface area is 138 Å². The Balaban J connectivity index is 1.79. The summed E-state index contributed by atoms with van der Waals surface area (Å²) in [6.07, 6.45) is 0.487. The van der Waals surface area contributed by atoms with Crippen molar-refractivity contribution < 1.29 is 14.3 Å². The number of fused-ring (bicyclic) bond motifs is 1. The van der Waals surface area contributed by atoms with E-state index in [1.165, 1.54) is 6.07 Å². The number of benzene rings is 2. The van der Waals surface area contributed by atoms with E-state index < -0.39 is 11.9 Å². The van der Waals surface area contributed by atoms with Crippen LogP contribution in [0.4, 0.5) is 0 Å². The fraction of sp³-hybridized carbons (Fsp3) is 0.158. The quantitative estimate of drug-likeness (QED) is 0.754. The highest BCUT2D eigenvalue weighted by Gasteiger charge is 2.17. The number of hydrogen-bond acceptors (Lipinski definition) is 4. The first kappa shape index (κ1) is 16.0. The van der Waals surface area contributed by atoms with Crippen LogP contribution in [0.25, 0.3) is 11.0 Å². The van der Waals surface area contributed by atoms with Crippen LogP contribution >= 0.6 is 0 Å². The predicted molar refractivity (Wildman–Crippen MR) is 91.0 cm³/mol. The summed E-state index contributed by atoms with van der Waals surface area (Å²) in [5, 5.41) is 12.6. The molecular formula is C19H17NO4. The van der Waals surface area contributed by atoms with Gasteiger partial charge in [-0.1, -0.05) is 42.5 Å². The minimum absolute atomic E-state index is 0.0646. The molecule has 5 heteroatoms. The van der Waals surface area contributed by atoms with Crippen LogP contribution in [-0.4, -0.2) is 23.7 Å². The van der Waals surface area contributed by atoms with Crippen LogP contribution in [0.1, 0.15) is 16.1 Å². The van der Waals surface area contributed by atoms with E-state index in [0.29, 0.717) is 17.4 Å². The summed E-state index contributed by atoms with van der Waals surface area (Å²) in [5.74, 6) is -0.585. The summed E-state index contributed by atoms with van der Waals surface area (Å²) in [6, 6.07) is 17.0. The van der Waals surface area contributed by atoms with E-state index in [0.717, 1.165) is 5.56 Å². The predicted octanol–water partition coefficient (Wildman–Crippen LogP) is 2.13. The molecule has 0 fully saturated rings. The number of nitrogens with one attached hydrogen (secondary N) is 1. The van der Waals surface area contributed by atoms with Crippen molar-refractivity contribution in [2.24, 2.45) is 0 Å². The third-order valence-electron chi connectivity index (χ3n) is 3.74. The van der Waals surface area contributed by atoms with Crippen LogP contribution in [0.3, 0.4) is 0 Å². The van der Waals surface area contributed by atoms with Crippen LogP contribution in [-0.2, 0) is 6.42 Å². The number of carbonyl (C=O) groups excluding carboxylic acids is 1. The van der Waals surface area contributed by atoms with E-state index in [4.69, 9.17) is 4.42 Å². The maximum absolute atomic E-state index is 12.3. The molecular weight excluding hydrogens is 306 g/mol. The fourth-order valence-corrected chi connectivity index (χ4v) is 2.53. The molecule has 122 valence electrons. The van der Waals surface area contributed by atoms with E-state index >= 15 is 0 Å². The molecule has 0 bridgehead atoms. The van der Waals surface area contributed by atoms with Gasteiger partial charge in [0, 0.05) is 6.07 Å². The zero-order valence-corrected chi connectivity index (χ0v) is 12.9. The van der Waals surface area contributed by atoms with Crippen molar-refractivity contribution in [2.45, 2.75) is 12.5 Å². The number of amides is 1. The van der Waals surface area contributed by atoms with Crippen molar-refractivity contribution >= 4 is 16.9 Å². The SMILES string of the molecule is O=C(N[C@@H](CO)Cc1ccccc1)c1cc(=O)c2ccccc2o1. The topological polar surface area (TPSA) is 79.5 Å². The van der Waals surface area contributed by atoms with Gasteiger partial charge < -0.3 is 14.8 Å². The van der Waals surface area contributed by atoms with Crippen LogP contribution in [0.5, 0.6) is 0 Å². The van der Waals surface area contributed by atoms with Crippen molar-refractivity contribution in [1.82, 2.24) is 5.32 Å². The van der Waals surface area contributed by atoms with Gasteiger partial charge >= 0.3 is 0 Å². The lowest BCUT2D eigenvalue weighted by Gasteiger charge is -2.16. The minimum atomic E-state index is -0.521. The largest absolute Gasteiger partial charge is 0.451 e. The van der Waals surface area contributed by atoms with Gasteiger partial charge in [0.1, 0.15) is 5.58 Å². The molecule has 5 nitrogen and oxygen atoms in total. The first-order valence-corrected chi connectivity index (χ1v) is 7.66. The Morgan fingerprint density at radius 3 is 2.54 bits per heavy atom. The standard InChI is InChI=1S/C19H17NO4/c21-12-14(10-13-6-2-1-3-7-13)20-19(23)18-11-16(22)15-8-4-5-9-17(15)24-18/h1-9,11,14,21H,10,12H2,(H,20,23)/t14-/m1/s1. The van der Waals surface area contributed by atoms with Gasteiger partial charge in [-0.15, -0.1) is 0 Å². The Hall–Kier alpha value is -2.92. The molecule has 0 aliphatic rings. The third-order valence-corrected chi connectivity index (χ3v) is 3.74. The molecule has 24 heavy (non-hydrogen) atoms. The molecule has 0 spiro atoms. The van der Waals surface area contributed by atoms with Crippen molar-refractivity contribution in [3.8, 4) is 0 Å². The summed E-state index contributed by atoms with van der Waals surface area (Å²) < 4.78 is 5.51. The minimum Gasteiger partial charge on any atom is -0.451 e. The highest BCUT2D eigenvalue weighted by Crippen LogP contribution is 2.12. The lowest BCUT2D eigenvalue weighted by Crippen LogP contribution is -2.39. The van der Waals surface area contributed by atoms with Crippen LogP contribution in [0.15, 0.2) is 69.9 Å². The molecule has 0 aliphatic heterocycles. The van der Waals surface area contributed by atoms with Gasteiger partial charge in [0.2, 0.25) is 0 Å². The maximum atomic E-state index is 12.3. The summed E-state index contributed by atoms with van der Waals surface area (Å²) in [6.45, 7) is -0.210. The Bertz CT molecular complexity index is 902. The molecule has 0 saturated carbocycles. The smallest absolute Gasteiger partial charge is 0.287 e.